The molecule has 0 aliphatic heterocycles. The second kappa shape index (κ2) is 8.20. The molecule has 0 aliphatic rings. The van der Waals surface area contributed by atoms with Crippen LogP contribution >= 0.6 is 23.2 Å². The van der Waals surface area contributed by atoms with Crippen molar-refractivity contribution in [2.75, 3.05) is 5.32 Å². The van der Waals surface area contributed by atoms with Gasteiger partial charge in [0.15, 0.2) is 0 Å². The number of hydrogen-bond donors (Lipinski definition) is 2. The first-order valence-electron chi connectivity index (χ1n) is 6.93. The Bertz CT molecular complexity index is 853. The Morgan fingerprint density at radius 3 is 2.27 bits per heavy atom. The van der Waals surface area contributed by atoms with E-state index in [-0.39, 0.29) is 5.69 Å². The zero-order valence-electron chi connectivity index (χ0n) is 12.8. The molecule has 2 rings (SSSR count). The standard InChI is InChI=1S/C16H10Cl2F3N3O2/c17-10-3-1-9(2-4-10)8-22-24-15(26)14(25)23-11-5-6-13(18)12(7-11)16(19,20)21/h1-8H,(H,23,25)(H,24,26)/b22-8-. The SMILES string of the molecule is O=C(N/N=C\c1ccc(Cl)cc1)C(=O)Nc1ccc(Cl)c(C(F)(F)F)c1. The van der Waals surface area contributed by atoms with Crippen molar-refractivity contribution in [2.45, 2.75) is 6.18 Å². The number of nitrogens with one attached hydrogen (secondary N) is 2. The Morgan fingerprint density at radius 2 is 1.65 bits per heavy atom. The van der Waals surface area contributed by atoms with Crippen LogP contribution in [0.1, 0.15) is 11.1 Å². The van der Waals surface area contributed by atoms with Gasteiger partial charge < -0.3 is 5.32 Å². The molecule has 136 valence electrons. The predicted octanol–water partition coefficient (Wildman–Crippen LogP) is 4.10. The summed E-state index contributed by atoms with van der Waals surface area (Å²) in [6.07, 6.45) is -3.42. The van der Waals surface area contributed by atoms with Crippen molar-refractivity contribution in [1.82, 2.24) is 5.43 Å². The molecule has 0 fully saturated rings. The van der Waals surface area contributed by atoms with Gasteiger partial charge in [-0.05, 0) is 35.9 Å². The number of carbonyl (C=O) groups excluding carboxylic acids is 2. The molecule has 2 aromatic rings. The highest BCUT2D eigenvalue weighted by Gasteiger charge is 2.33. The molecule has 0 heterocycles. The topological polar surface area (TPSA) is 70.6 Å². The summed E-state index contributed by atoms with van der Waals surface area (Å²) in [4.78, 5) is 23.4. The molecule has 0 spiro atoms. The van der Waals surface area contributed by atoms with Crippen molar-refractivity contribution in [3.05, 3.63) is 63.6 Å². The van der Waals surface area contributed by atoms with Gasteiger partial charge in [-0.3, -0.25) is 9.59 Å². The smallest absolute Gasteiger partial charge is 0.318 e. The van der Waals surface area contributed by atoms with Gasteiger partial charge >= 0.3 is 18.0 Å². The maximum Gasteiger partial charge on any atom is 0.417 e. The normalized spacial score (nSPS) is 11.4. The van der Waals surface area contributed by atoms with Gasteiger partial charge in [-0.1, -0.05) is 35.3 Å². The number of rotatable bonds is 3. The van der Waals surface area contributed by atoms with E-state index in [0.717, 1.165) is 12.1 Å². The van der Waals surface area contributed by atoms with E-state index < -0.39 is 28.6 Å². The highest BCUT2D eigenvalue weighted by molar-refractivity contribution is 6.39. The lowest BCUT2D eigenvalue weighted by atomic mass is 10.2. The lowest BCUT2D eigenvalue weighted by Gasteiger charge is -2.11. The van der Waals surface area contributed by atoms with Gasteiger partial charge in [0.05, 0.1) is 16.8 Å². The van der Waals surface area contributed by atoms with E-state index in [2.05, 4.69) is 5.10 Å². The number of benzene rings is 2. The average Bonchev–Trinajstić information content (AvgIpc) is 2.57. The van der Waals surface area contributed by atoms with E-state index in [1.54, 1.807) is 24.3 Å². The number of hydrogen-bond acceptors (Lipinski definition) is 3. The average molecular weight is 404 g/mol. The lowest BCUT2D eigenvalue weighted by molar-refractivity contribution is -0.137. The Kier molecular flexibility index (Phi) is 6.23. The molecule has 0 saturated carbocycles. The fourth-order valence-corrected chi connectivity index (χ4v) is 2.12. The first kappa shape index (κ1) is 19.7. The van der Waals surface area contributed by atoms with Crippen LogP contribution in [0.2, 0.25) is 10.0 Å². The zero-order valence-corrected chi connectivity index (χ0v) is 14.3. The fourth-order valence-electron chi connectivity index (χ4n) is 1.77. The summed E-state index contributed by atoms with van der Waals surface area (Å²) in [7, 11) is 0. The van der Waals surface area contributed by atoms with Gasteiger partial charge in [0.2, 0.25) is 0 Å². The Balaban J connectivity index is 1.99. The number of nitrogens with zero attached hydrogens (tertiary/aromatic N) is 1. The van der Waals surface area contributed by atoms with Crippen LogP contribution in [0.3, 0.4) is 0 Å². The summed E-state index contributed by atoms with van der Waals surface area (Å²) in [6, 6.07) is 9.21. The third-order valence-corrected chi connectivity index (χ3v) is 3.57. The predicted molar refractivity (Wildman–Crippen MR) is 92.3 cm³/mol. The second-order valence-electron chi connectivity index (χ2n) is 4.90. The second-order valence-corrected chi connectivity index (χ2v) is 5.74. The van der Waals surface area contributed by atoms with Crippen LogP contribution in [0.4, 0.5) is 18.9 Å². The van der Waals surface area contributed by atoms with Gasteiger partial charge in [-0.15, -0.1) is 0 Å². The minimum atomic E-state index is -4.69. The highest BCUT2D eigenvalue weighted by atomic mass is 35.5. The molecule has 0 bridgehead atoms. The molecule has 0 atom stereocenters. The van der Waals surface area contributed by atoms with Crippen molar-refractivity contribution in [2.24, 2.45) is 5.10 Å². The monoisotopic (exact) mass is 403 g/mol. The lowest BCUT2D eigenvalue weighted by Crippen LogP contribution is -2.32. The number of halogens is 5. The quantitative estimate of drug-likeness (QED) is 0.460. The fraction of sp³-hybridized carbons (Fsp3) is 0.0625. The molecule has 2 N–H and O–H groups in total. The Morgan fingerprint density at radius 1 is 1.00 bits per heavy atom. The van der Waals surface area contributed by atoms with Crippen LogP contribution in [-0.2, 0) is 15.8 Å². The first-order valence-corrected chi connectivity index (χ1v) is 7.69. The molecule has 0 saturated heterocycles. The van der Waals surface area contributed by atoms with Crippen LogP contribution in [0.5, 0.6) is 0 Å². The zero-order chi connectivity index (χ0) is 19.3. The Labute approximate surface area is 155 Å². The third kappa shape index (κ3) is 5.47. The maximum absolute atomic E-state index is 12.8. The molecule has 2 amide bonds. The molecular formula is C16H10Cl2F3N3O2. The third-order valence-electron chi connectivity index (χ3n) is 2.99. The number of amides is 2. The largest absolute Gasteiger partial charge is 0.417 e. The van der Waals surface area contributed by atoms with Crippen molar-refractivity contribution in [1.29, 1.82) is 0 Å². The molecule has 2 aromatic carbocycles. The van der Waals surface area contributed by atoms with Crippen molar-refractivity contribution in [3.63, 3.8) is 0 Å². The molecule has 5 nitrogen and oxygen atoms in total. The van der Waals surface area contributed by atoms with Crippen LogP contribution in [0, 0.1) is 0 Å². The van der Waals surface area contributed by atoms with Crippen molar-refractivity contribution < 1.29 is 22.8 Å². The van der Waals surface area contributed by atoms with E-state index >= 15 is 0 Å². The van der Waals surface area contributed by atoms with E-state index in [4.69, 9.17) is 23.2 Å². The molecular weight excluding hydrogens is 394 g/mol. The number of carbonyl (C=O) groups is 2. The van der Waals surface area contributed by atoms with Crippen molar-refractivity contribution >= 4 is 46.9 Å². The van der Waals surface area contributed by atoms with Gasteiger partial charge in [0.25, 0.3) is 0 Å². The first-order chi connectivity index (χ1) is 12.2. The Hall–Kier alpha value is -2.58. The van der Waals surface area contributed by atoms with Crippen LogP contribution in [0.15, 0.2) is 47.6 Å². The molecule has 0 aromatic heterocycles. The minimum absolute atomic E-state index is 0.233. The molecule has 10 heteroatoms. The molecule has 26 heavy (non-hydrogen) atoms. The highest BCUT2D eigenvalue weighted by Crippen LogP contribution is 2.36. The maximum atomic E-state index is 12.8. The summed E-state index contributed by atoms with van der Waals surface area (Å²) in [6.45, 7) is 0. The number of anilines is 1. The van der Waals surface area contributed by atoms with Crippen LogP contribution < -0.4 is 10.7 Å². The van der Waals surface area contributed by atoms with Gasteiger partial charge in [-0.25, -0.2) is 5.43 Å². The van der Waals surface area contributed by atoms with E-state index in [1.165, 1.54) is 6.21 Å². The van der Waals surface area contributed by atoms with Crippen LogP contribution in [0.25, 0.3) is 0 Å². The minimum Gasteiger partial charge on any atom is -0.318 e. The van der Waals surface area contributed by atoms with Crippen molar-refractivity contribution in [3.8, 4) is 0 Å². The van der Waals surface area contributed by atoms with Gasteiger partial charge in [0.1, 0.15) is 0 Å². The van der Waals surface area contributed by atoms with E-state index in [1.807, 2.05) is 10.7 Å². The van der Waals surface area contributed by atoms with E-state index in [0.29, 0.717) is 16.7 Å². The molecule has 0 unspecified atom stereocenters. The summed E-state index contributed by atoms with van der Waals surface area (Å²) in [5, 5.41) is 5.61. The summed E-state index contributed by atoms with van der Waals surface area (Å²) in [5.41, 5.74) is 1.21. The summed E-state index contributed by atoms with van der Waals surface area (Å²) >= 11 is 11.2. The van der Waals surface area contributed by atoms with Gasteiger partial charge in [0, 0.05) is 10.7 Å². The van der Waals surface area contributed by atoms with Crippen LogP contribution in [-0.4, -0.2) is 18.0 Å². The molecule has 0 aliphatic carbocycles. The number of alkyl halides is 3. The molecule has 0 radical (unpaired) electrons. The van der Waals surface area contributed by atoms with Gasteiger partial charge in [-0.2, -0.15) is 18.3 Å². The van der Waals surface area contributed by atoms with E-state index in [9.17, 15) is 22.8 Å². The number of hydrazone groups is 1. The summed E-state index contributed by atoms with van der Waals surface area (Å²) in [5.74, 6) is -2.34. The summed E-state index contributed by atoms with van der Waals surface area (Å²) < 4.78 is 38.3.